The number of rotatable bonds is 3. The van der Waals surface area contributed by atoms with Gasteiger partial charge in [0.25, 0.3) is 0 Å². The van der Waals surface area contributed by atoms with Gasteiger partial charge in [-0.15, -0.1) is 11.8 Å². The molecule has 2 atom stereocenters. The molecule has 0 aliphatic carbocycles. The van der Waals surface area contributed by atoms with Gasteiger partial charge in [0.1, 0.15) is 6.04 Å². The van der Waals surface area contributed by atoms with Gasteiger partial charge >= 0.3 is 5.97 Å². The summed E-state index contributed by atoms with van der Waals surface area (Å²) in [4.78, 5) is 10.7. The van der Waals surface area contributed by atoms with Crippen LogP contribution in [0.25, 0.3) is 0 Å². The Balaban J connectivity index is 1.90. The fraction of sp³-hybridized carbons (Fsp3) is 0.364. The van der Waals surface area contributed by atoms with E-state index in [1.54, 1.807) is 11.8 Å². The molecule has 0 saturated carbocycles. The molecule has 15 heavy (non-hydrogen) atoms. The smallest absolute Gasteiger partial charge is 0.321 e. The van der Waals surface area contributed by atoms with Crippen LogP contribution in [0.15, 0.2) is 30.3 Å². The van der Waals surface area contributed by atoms with E-state index in [1.807, 2.05) is 18.2 Å². The number of benzene rings is 1. The zero-order chi connectivity index (χ0) is 10.7. The van der Waals surface area contributed by atoms with Crippen molar-refractivity contribution in [2.24, 2.45) is 0 Å². The van der Waals surface area contributed by atoms with Gasteiger partial charge in [-0.1, -0.05) is 30.3 Å². The summed E-state index contributed by atoms with van der Waals surface area (Å²) in [5.74, 6) is -0.0922. The lowest BCUT2D eigenvalue weighted by atomic mass is 10.1. The lowest BCUT2D eigenvalue weighted by Gasteiger charge is -2.10. The van der Waals surface area contributed by atoms with E-state index in [0.29, 0.717) is 5.75 Å². The van der Waals surface area contributed by atoms with Crippen LogP contribution in [0.1, 0.15) is 5.56 Å². The Labute approximate surface area is 92.9 Å². The second-order valence-electron chi connectivity index (χ2n) is 3.57. The standard InChI is InChI=1S/C11H13NO2S/c13-11(14)9-7-15-10(12-9)6-8-4-2-1-3-5-8/h1-5,9-10,12H,6-7H2,(H,13,14)/t9-,10?/m1/s1. The van der Waals surface area contributed by atoms with E-state index in [0.717, 1.165) is 6.42 Å². The van der Waals surface area contributed by atoms with Crippen molar-refractivity contribution in [3.05, 3.63) is 35.9 Å². The highest BCUT2D eigenvalue weighted by Crippen LogP contribution is 2.22. The average Bonchev–Trinajstić information content (AvgIpc) is 2.68. The maximum Gasteiger partial charge on any atom is 0.321 e. The molecule has 80 valence electrons. The van der Waals surface area contributed by atoms with E-state index in [-0.39, 0.29) is 11.4 Å². The SMILES string of the molecule is O=C(O)[C@H]1CSC(Cc2ccccc2)N1. The zero-order valence-electron chi connectivity index (χ0n) is 8.22. The van der Waals surface area contributed by atoms with Crippen LogP contribution < -0.4 is 5.32 Å². The summed E-state index contributed by atoms with van der Waals surface area (Å²) in [6.45, 7) is 0. The van der Waals surface area contributed by atoms with Gasteiger partial charge in [0, 0.05) is 5.75 Å². The number of nitrogens with one attached hydrogen (secondary N) is 1. The van der Waals surface area contributed by atoms with Crippen LogP contribution in [-0.2, 0) is 11.2 Å². The number of aliphatic carboxylic acids is 1. The molecule has 1 unspecified atom stereocenters. The van der Waals surface area contributed by atoms with Crippen molar-refractivity contribution in [1.29, 1.82) is 0 Å². The summed E-state index contributed by atoms with van der Waals surface area (Å²) in [5.41, 5.74) is 1.24. The highest BCUT2D eigenvalue weighted by molar-refractivity contribution is 8.00. The molecule has 2 rings (SSSR count). The normalized spacial score (nSPS) is 25.3. The first-order valence-corrected chi connectivity index (χ1v) is 5.95. The third-order valence-corrected chi connectivity index (χ3v) is 3.64. The Hall–Kier alpha value is -1.00. The van der Waals surface area contributed by atoms with Crippen molar-refractivity contribution in [3.63, 3.8) is 0 Å². The quantitative estimate of drug-likeness (QED) is 0.812. The van der Waals surface area contributed by atoms with Crippen LogP contribution in [0.3, 0.4) is 0 Å². The summed E-state index contributed by atoms with van der Waals surface area (Å²) in [7, 11) is 0. The molecule has 3 nitrogen and oxygen atoms in total. The number of hydrogen-bond donors (Lipinski definition) is 2. The summed E-state index contributed by atoms with van der Waals surface area (Å²) in [5, 5.41) is 12.2. The molecular weight excluding hydrogens is 210 g/mol. The Morgan fingerprint density at radius 1 is 1.47 bits per heavy atom. The predicted octanol–water partition coefficient (Wildman–Crippen LogP) is 1.34. The van der Waals surface area contributed by atoms with Gasteiger partial charge in [0.2, 0.25) is 0 Å². The van der Waals surface area contributed by atoms with Gasteiger partial charge in [-0.05, 0) is 12.0 Å². The van der Waals surface area contributed by atoms with E-state index in [4.69, 9.17) is 5.11 Å². The molecule has 0 bridgehead atoms. The van der Waals surface area contributed by atoms with Gasteiger partial charge in [-0.25, -0.2) is 0 Å². The molecular formula is C11H13NO2S. The molecule has 0 amide bonds. The fourth-order valence-corrected chi connectivity index (χ4v) is 2.86. The van der Waals surface area contributed by atoms with Gasteiger partial charge < -0.3 is 5.11 Å². The lowest BCUT2D eigenvalue weighted by molar-refractivity contribution is -0.138. The largest absolute Gasteiger partial charge is 0.480 e. The van der Waals surface area contributed by atoms with E-state index in [1.165, 1.54) is 5.56 Å². The number of hydrogen-bond acceptors (Lipinski definition) is 3. The van der Waals surface area contributed by atoms with Crippen LogP contribution in [0, 0.1) is 0 Å². The number of thioether (sulfide) groups is 1. The van der Waals surface area contributed by atoms with Crippen molar-refractivity contribution in [2.75, 3.05) is 5.75 Å². The Morgan fingerprint density at radius 2 is 2.20 bits per heavy atom. The van der Waals surface area contributed by atoms with E-state index >= 15 is 0 Å². The second-order valence-corrected chi connectivity index (χ2v) is 4.80. The Kier molecular flexibility index (Phi) is 3.28. The topological polar surface area (TPSA) is 49.3 Å². The fourth-order valence-electron chi connectivity index (χ4n) is 1.62. The van der Waals surface area contributed by atoms with Gasteiger partial charge in [0.05, 0.1) is 5.37 Å². The molecule has 0 spiro atoms. The number of carboxylic acid groups (broad SMARTS) is 1. The molecule has 1 aliphatic rings. The Morgan fingerprint density at radius 3 is 2.80 bits per heavy atom. The van der Waals surface area contributed by atoms with Crippen molar-refractivity contribution in [2.45, 2.75) is 17.8 Å². The first-order chi connectivity index (χ1) is 7.25. The molecule has 1 saturated heterocycles. The third kappa shape index (κ3) is 2.73. The first-order valence-electron chi connectivity index (χ1n) is 4.90. The average molecular weight is 223 g/mol. The molecule has 0 aromatic heterocycles. The molecule has 1 aromatic rings. The van der Waals surface area contributed by atoms with Crippen LogP contribution in [0.2, 0.25) is 0 Å². The number of carboxylic acids is 1. The summed E-state index contributed by atoms with van der Waals surface area (Å²) in [6.07, 6.45) is 0.884. The van der Waals surface area contributed by atoms with Crippen molar-refractivity contribution in [1.82, 2.24) is 5.32 Å². The lowest BCUT2D eigenvalue weighted by Crippen LogP contribution is -2.37. The van der Waals surface area contributed by atoms with E-state index < -0.39 is 5.97 Å². The molecule has 1 aromatic carbocycles. The summed E-state index contributed by atoms with van der Waals surface area (Å²) in [6, 6.07) is 9.74. The summed E-state index contributed by atoms with van der Waals surface area (Å²) < 4.78 is 0. The minimum atomic E-state index is -0.752. The molecule has 1 aliphatic heterocycles. The van der Waals surface area contributed by atoms with Gasteiger partial charge in [-0.3, -0.25) is 10.1 Å². The summed E-state index contributed by atoms with van der Waals surface area (Å²) >= 11 is 1.68. The first kappa shape index (κ1) is 10.5. The molecule has 4 heteroatoms. The maximum atomic E-state index is 10.7. The molecule has 2 N–H and O–H groups in total. The van der Waals surface area contributed by atoms with Gasteiger partial charge in [-0.2, -0.15) is 0 Å². The molecule has 0 radical (unpaired) electrons. The van der Waals surface area contributed by atoms with Gasteiger partial charge in [0.15, 0.2) is 0 Å². The predicted molar refractivity (Wildman–Crippen MR) is 61.0 cm³/mol. The zero-order valence-corrected chi connectivity index (χ0v) is 9.04. The molecule has 1 fully saturated rings. The third-order valence-electron chi connectivity index (χ3n) is 2.41. The van der Waals surface area contributed by atoms with E-state index in [9.17, 15) is 4.79 Å². The maximum absolute atomic E-state index is 10.7. The van der Waals surface area contributed by atoms with Crippen LogP contribution >= 0.6 is 11.8 Å². The van der Waals surface area contributed by atoms with Crippen molar-refractivity contribution in [3.8, 4) is 0 Å². The van der Waals surface area contributed by atoms with Crippen LogP contribution in [-0.4, -0.2) is 28.2 Å². The van der Waals surface area contributed by atoms with E-state index in [2.05, 4.69) is 17.4 Å². The minimum absolute atomic E-state index is 0.230. The van der Waals surface area contributed by atoms with Crippen LogP contribution in [0.4, 0.5) is 0 Å². The van der Waals surface area contributed by atoms with Crippen LogP contribution in [0.5, 0.6) is 0 Å². The highest BCUT2D eigenvalue weighted by atomic mass is 32.2. The highest BCUT2D eigenvalue weighted by Gasteiger charge is 2.29. The Bertz CT molecular complexity index is 342. The van der Waals surface area contributed by atoms with Crippen molar-refractivity contribution >= 4 is 17.7 Å². The number of carbonyl (C=O) groups is 1. The monoisotopic (exact) mass is 223 g/mol. The minimum Gasteiger partial charge on any atom is -0.480 e. The molecule has 1 heterocycles. The second kappa shape index (κ2) is 4.68. The van der Waals surface area contributed by atoms with Crippen molar-refractivity contribution < 1.29 is 9.90 Å².